The van der Waals surface area contributed by atoms with Crippen LogP contribution in [0.15, 0.2) is 23.4 Å². The minimum atomic E-state index is -3.68. The van der Waals surface area contributed by atoms with Crippen LogP contribution >= 0.6 is 0 Å². The van der Waals surface area contributed by atoms with Gasteiger partial charge in [0, 0.05) is 24.8 Å². The minimum Gasteiger partial charge on any atom is -0.323 e. The molecule has 1 saturated heterocycles. The molecule has 100 valence electrons. The Labute approximate surface area is 106 Å². The summed E-state index contributed by atoms with van der Waals surface area (Å²) in [5, 5.41) is 0. The van der Waals surface area contributed by atoms with Crippen molar-refractivity contribution in [1.82, 2.24) is 9.29 Å². The van der Waals surface area contributed by atoms with Crippen LogP contribution in [0.5, 0.6) is 0 Å². The Kier molecular flexibility index (Phi) is 3.16. The molecular formula is C11H16FN3O2S. The lowest BCUT2D eigenvalue weighted by atomic mass is 9.82. The molecule has 2 N–H and O–H groups in total. The van der Waals surface area contributed by atoms with Crippen molar-refractivity contribution in [2.75, 3.05) is 13.1 Å². The second-order valence-electron chi connectivity index (χ2n) is 5.00. The Hall–Kier alpha value is -1.05. The molecule has 18 heavy (non-hydrogen) atoms. The van der Waals surface area contributed by atoms with Gasteiger partial charge in [0.2, 0.25) is 10.0 Å². The molecule has 0 aliphatic carbocycles. The number of hydrogen-bond acceptors (Lipinski definition) is 4. The van der Waals surface area contributed by atoms with Crippen molar-refractivity contribution in [2.45, 2.75) is 24.3 Å². The van der Waals surface area contributed by atoms with Crippen LogP contribution in [0, 0.1) is 11.7 Å². The van der Waals surface area contributed by atoms with Crippen LogP contribution in [0.2, 0.25) is 0 Å². The van der Waals surface area contributed by atoms with Gasteiger partial charge in [-0.15, -0.1) is 0 Å². The standard InChI is InChI=1S/C11H16FN3O2S/c1-8(2)11(13)6-15(7-11)18(16,17)10-3-9(12)4-14-5-10/h3-5,8H,6-7,13H2,1-2H3. The predicted octanol–water partition coefficient (Wildman–Crippen LogP) is 0.578. The van der Waals surface area contributed by atoms with Gasteiger partial charge in [0.25, 0.3) is 0 Å². The van der Waals surface area contributed by atoms with Gasteiger partial charge in [0.1, 0.15) is 10.7 Å². The lowest BCUT2D eigenvalue weighted by Crippen LogP contribution is -2.70. The molecule has 0 radical (unpaired) electrons. The Balaban J connectivity index is 2.21. The summed E-state index contributed by atoms with van der Waals surface area (Å²) in [6.07, 6.45) is 2.11. The van der Waals surface area contributed by atoms with Gasteiger partial charge in [-0.3, -0.25) is 4.98 Å². The largest absolute Gasteiger partial charge is 0.323 e. The van der Waals surface area contributed by atoms with Gasteiger partial charge >= 0.3 is 0 Å². The zero-order valence-electron chi connectivity index (χ0n) is 10.3. The highest BCUT2D eigenvalue weighted by atomic mass is 32.2. The normalized spacial score (nSPS) is 19.8. The number of pyridine rings is 1. The third-order valence-electron chi connectivity index (χ3n) is 3.41. The van der Waals surface area contributed by atoms with E-state index in [0.717, 1.165) is 18.5 Å². The van der Waals surface area contributed by atoms with Crippen LogP contribution < -0.4 is 5.73 Å². The highest BCUT2D eigenvalue weighted by Crippen LogP contribution is 2.31. The first-order chi connectivity index (χ1) is 8.25. The molecule has 0 saturated carbocycles. The van der Waals surface area contributed by atoms with E-state index in [1.165, 1.54) is 4.31 Å². The third kappa shape index (κ3) is 2.13. The molecule has 2 heterocycles. The molecule has 7 heteroatoms. The van der Waals surface area contributed by atoms with Gasteiger partial charge in [-0.1, -0.05) is 13.8 Å². The molecule has 5 nitrogen and oxygen atoms in total. The molecule has 0 unspecified atom stereocenters. The quantitative estimate of drug-likeness (QED) is 0.874. The zero-order valence-corrected chi connectivity index (χ0v) is 11.1. The Morgan fingerprint density at radius 1 is 1.44 bits per heavy atom. The van der Waals surface area contributed by atoms with E-state index < -0.39 is 21.4 Å². The summed E-state index contributed by atoms with van der Waals surface area (Å²) >= 11 is 0. The summed E-state index contributed by atoms with van der Waals surface area (Å²) in [5.74, 6) is -0.478. The third-order valence-corrected chi connectivity index (χ3v) is 5.17. The van der Waals surface area contributed by atoms with Crippen LogP contribution in [0.25, 0.3) is 0 Å². The smallest absolute Gasteiger partial charge is 0.244 e. The first-order valence-electron chi connectivity index (χ1n) is 5.65. The number of sulfonamides is 1. The molecule has 0 amide bonds. The van der Waals surface area contributed by atoms with E-state index in [1.54, 1.807) is 0 Å². The van der Waals surface area contributed by atoms with Gasteiger partial charge in [-0.05, 0) is 12.0 Å². The molecule has 1 aromatic rings. The van der Waals surface area contributed by atoms with E-state index in [1.807, 2.05) is 13.8 Å². The second-order valence-corrected chi connectivity index (χ2v) is 6.94. The first-order valence-corrected chi connectivity index (χ1v) is 7.09. The van der Waals surface area contributed by atoms with Gasteiger partial charge in [0.15, 0.2) is 0 Å². The highest BCUT2D eigenvalue weighted by molar-refractivity contribution is 7.89. The summed E-state index contributed by atoms with van der Waals surface area (Å²) in [7, 11) is -3.68. The molecule has 0 spiro atoms. The molecule has 1 aliphatic heterocycles. The summed E-state index contributed by atoms with van der Waals surface area (Å²) in [4.78, 5) is 3.42. The Morgan fingerprint density at radius 2 is 2.06 bits per heavy atom. The fourth-order valence-corrected chi connectivity index (χ4v) is 3.40. The van der Waals surface area contributed by atoms with E-state index in [4.69, 9.17) is 5.73 Å². The fraction of sp³-hybridized carbons (Fsp3) is 0.545. The fourth-order valence-electron chi connectivity index (χ4n) is 1.83. The first kappa shape index (κ1) is 13.4. The molecule has 1 fully saturated rings. The van der Waals surface area contributed by atoms with Crippen molar-refractivity contribution in [2.24, 2.45) is 11.7 Å². The highest BCUT2D eigenvalue weighted by Gasteiger charge is 2.47. The van der Waals surface area contributed by atoms with Gasteiger partial charge in [-0.2, -0.15) is 4.31 Å². The van der Waals surface area contributed by atoms with Crippen LogP contribution in [-0.4, -0.2) is 36.3 Å². The van der Waals surface area contributed by atoms with Gasteiger partial charge < -0.3 is 5.73 Å². The van der Waals surface area contributed by atoms with Crippen LogP contribution in [-0.2, 0) is 10.0 Å². The predicted molar refractivity (Wildman–Crippen MR) is 64.7 cm³/mol. The maximum atomic E-state index is 13.0. The summed E-state index contributed by atoms with van der Waals surface area (Å²) < 4.78 is 38.5. The number of nitrogens with two attached hydrogens (primary N) is 1. The average molecular weight is 273 g/mol. The Morgan fingerprint density at radius 3 is 2.56 bits per heavy atom. The molecule has 2 rings (SSSR count). The lowest BCUT2D eigenvalue weighted by molar-refractivity contribution is 0.110. The lowest BCUT2D eigenvalue weighted by Gasteiger charge is -2.49. The second kappa shape index (κ2) is 4.25. The van der Waals surface area contributed by atoms with Crippen molar-refractivity contribution >= 4 is 10.0 Å². The van der Waals surface area contributed by atoms with E-state index in [2.05, 4.69) is 4.98 Å². The summed E-state index contributed by atoms with van der Waals surface area (Å²) in [6.45, 7) is 4.41. The number of rotatable bonds is 3. The topological polar surface area (TPSA) is 76.3 Å². The number of nitrogens with zero attached hydrogens (tertiary/aromatic N) is 2. The van der Waals surface area contributed by atoms with E-state index in [-0.39, 0.29) is 23.9 Å². The molecule has 0 atom stereocenters. The van der Waals surface area contributed by atoms with Crippen molar-refractivity contribution in [3.05, 3.63) is 24.3 Å². The SMILES string of the molecule is CC(C)C1(N)CN(S(=O)(=O)c2cncc(F)c2)C1. The molecule has 0 bridgehead atoms. The monoisotopic (exact) mass is 273 g/mol. The van der Waals surface area contributed by atoms with Crippen molar-refractivity contribution in [3.63, 3.8) is 0 Å². The van der Waals surface area contributed by atoms with Gasteiger partial charge in [0.05, 0.1) is 6.20 Å². The van der Waals surface area contributed by atoms with Crippen LogP contribution in [0.1, 0.15) is 13.8 Å². The molecule has 1 aliphatic rings. The number of halogens is 1. The maximum Gasteiger partial charge on any atom is 0.244 e. The Bertz CT molecular complexity index is 553. The van der Waals surface area contributed by atoms with Crippen molar-refractivity contribution in [3.8, 4) is 0 Å². The number of aromatic nitrogens is 1. The van der Waals surface area contributed by atoms with Crippen LogP contribution in [0.3, 0.4) is 0 Å². The van der Waals surface area contributed by atoms with E-state index >= 15 is 0 Å². The molecule has 1 aromatic heterocycles. The van der Waals surface area contributed by atoms with Gasteiger partial charge in [-0.25, -0.2) is 12.8 Å². The van der Waals surface area contributed by atoms with E-state index in [0.29, 0.717) is 0 Å². The molecular weight excluding hydrogens is 257 g/mol. The van der Waals surface area contributed by atoms with Crippen LogP contribution in [0.4, 0.5) is 4.39 Å². The zero-order chi connectivity index (χ0) is 13.6. The van der Waals surface area contributed by atoms with Crippen molar-refractivity contribution < 1.29 is 12.8 Å². The maximum absolute atomic E-state index is 13.0. The summed E-state index contributed by atoms with van der Waals surface area (Å²) in [6, 6.07) is 0.966. The molecule has 0 aromatic carbocycles. The van der Waals surface area contributed by atoms with E-state index in [9.17, 15) is 12.8 Å². The minimum absolute atomic E-state index is 0.131. The van der Waals surface area contributed by atoms with Crippen molar-refractivity contribution in [1.29, 1.82) is 0 Å². The average Bonchev–Trinajstić information content (AvgIpc) is 2.24. The number of hydrogen-bond donors (Lipinski definition) is 1. The summed E-state index contributed by atoms with van der Waals surface area (Å²) in [5.41, 5.74) is 5.55.